The predicted octanol–water partition coefficient (Wildman–Crippen LogP) is 5.38. The van der Waals surface area contributed by atoms with Crippen molar-refractivity contribution in [3.63, 3.8) is 0 Å². The van der Waals surface area contributed by atoms with E-state index in [4.69, 9.17) is 4.74 Å². The summed E-state index contributed by atoms with van der Waals surface area (Å²) in [6.07, 6.45) is 10.8. The van der Waals surface area contributed by atoms with Crippen molar-refractivity contribution < 1.29 is 4.74 Å². The summed E-state index contributed by atoms with van der Waals surface area (Å²) < 4.78 is 5.95. The maximum atomic E-state index is 5.95. The smallest absolute Gasteiger partial charge is 0.0735 e. The Morgan fingerprint density at radius 1 is 0.696 bits per heavy atom. The summed E-state index contributed by atoms with van der Waals surface area (Å²) in [5.41, 5.74) is 2.65. The molecule has 23 heavy (non-hydrogen) atoms. The average Bonchev–Trinajstić information content (AvgIpc) is 2.57. The van der Waals surface area contributed by atoms with E-state index in [9.17, 15) is 0 Å². The molecule has 2 rings (SSSR count). The van der Waals surface area contributed by atoms with Gasteiger partial charge in [0, 0.05) is 0 Å². The Morgan fingerprint density at radius 2 is 1.09 bits per heavy atom. The quantitative estimate of drug-likeness (QED) is 0.595. The zero-order valence-electron chi connectivity index (χ0n) is 14.1. The van der Waals surface area contributed by atoms with Crippen molar-refractivity contribution in [3.05, 3.63) is 96.1 Å². The van der Waals surface area contributed by atoms with Gasteiger partial charge in [-0.15, -0.1) is 0 Å². The number of hydrogen-bond donors (Lipinski definition) is 0. The van der Waals surface area contributed by atoms with E-state index in [0.29, 0.717) is 0 Å². The monoisotopic (exact) mass is 306 g/mol. The number of rotatable bonds is 8. The van der Waals surface area contributed by atoms with E-state index in [-0.39, 0.29) is 12.2 Å². The van der Waals surface area contributed by atoms with Gasteiger partial charge in [0.15, 0.2) is 0 Å². The summed E-state index contributed by atoms with van der Waals surface area (Å²) in [6, 6.07) is 21.0. The molecular formula is C22H26O. The van der Waals surface area contributed by atoms with Gasteiger partial charge in [0.05, 0.1) is 12.2 Å². The normalized spacial score (nSPS) is 14.3. The van der Waals surface area contributed by atoms with Gasteiger partial charge in [-0.1, -0.05) is 85.0 Å². The first-order chi connectivity index (χ1) is 11.2. The van der Waals surface area contributed by atoms with Gasteiger partial charge < -0.3 is 4.74 Å². The van der Waals surface area contributed by atoms with Crippen LogP contribution in [-0.4, -0.2) is 12.2 Å². The van der Waals surface area contributed by atoms with E-state index >= 15 is 0 Å². The molecule has 2 aromatic carbocycles. The summed E-state index contributed by atoms with van der Waals surface area (Å²) in [7, 11) is 0. The molecule has 0 aliphatic rings. The Balaban J connectivity index is 1.70. The van der Waals surface area contributed by atoms with Gasteiger partial charge in [-0.2, -0.15) is 0 Å². The number of hydrogen-bond acceptors (Lipinski definition) is 1. The minimum absolute atomic E-state index is 0.120. The minimum atomic E-state index is 0.120. The van der Waals surface area contributed by atoms with Crippen molar-refractivity contribution in [3.8, 4) is 0 Å². The van der Waals surface area contributed by atoms with E-state index in [1.807, 2.05) is 12.1 Å². The maximum Gasteiger partial charge on any atom is 0.0735 e. The van der Waals surface area contributed by atoms with E-state index < -0.39 is 0 Å². The molecule has 0 fully saturated rings. The van der Waals surface area contributed by atoms with Gasteiger partial charge in [0.1, 0.15) is 0 Å². The first kappa shape index (κ1) is 17.2. The number of benzene rings is 2. The summed E-state index contributed by atoms with van der Waals surface area (Å²) in [5, 5.41) is 0. The lowest BCUT2D eigenvalue weighted by Gasteiger charge is -2.13. The number of ether oxygens (including phenoxy) is 1. The van der Waals surface area contributed by atoms with Gasteiger partial charge in [0.2, 0.25) is 0 Å². The van der Waals surface area contributed by atoms with Gasteiger partial charge >= 0.3 is 0 Å². The molecule has 0 saturated carbocycles. The van der Waals surface area contributed by atoms with Crippen molar-refractivity contribution in [1.82, 2.24) is 0 Å². The topological polar surface area (TPSA) is 9.23 Å². The zero-order valence-corrected chi connectivity index (χ0v) is 14.1. The largest absolute Gasteiger partial charge is 0.367 e. The van der Waals surface area contributed by atoms with Crippen molar-refractivity contribution >= 4 is 0 Å². The first-order valence-corrected chi connectivity index (χ1v) is 8.30. The Labute approximate surface area is 140 Å². The lowest BCUT2D eigenvalue weighted by atomic mass is 10.1. The molecule has 0 N–H and O–H groups in total. The van der Waals surface area contributed by atoms with Crippen molar-refractivity contribution in [1.29, 1.82) is 0 Å². The van der Waals surface area contributed by atoms with Crippen LogP contribution in [0.1, 0.15) is 25.0 Å². The fourth-order valence-corrected chi connectivity index (χ4v) is 2.45. The molecule has 1 nitrogen and oxygen atoms in total. The molecule has 0 amide bonds. The van der Waals surface area contributed by atoms with Crippen LogP contribution < -0.4 is 0 Å². The van der Waals surface area contributed by atoms with Crippen LogP contribution in [0.3, 0.4) is 0 Å². The molecule has 0 heterocycles. The van der Waals surface area contributed by atoms with Gasteiger partial charge in [-0.25, -0.2) is 0 Å². The van der Waals surface area contributed by atoms with Gasteiger partial charge in [-0.05, 0) is 37.8 Å². The van der Waals surface area contributed by atoms with Crippen LogP contribution in [0.15, 0.2) is 85.0 Å². The molecular weight excluding hydrogens is 280 g/mol. The van der Waals surface area contributed by atoms with Crippen LogP contribution in [0.5, 0.6) is 0 Å². The lowest BCUT2D eigenvalue weighted by molar-refractivity contribution is 0.0629. The fourth-order valence-electron chi connectivity index (χ4n) is 2.45. The molecule has 2 unspecified atom stereocenters. The first-order valence-electron chi connectivity index (χ1n) is 8.30. The van der Waals surface area contributed by atoms with Crippen LogP contribution in [-0.2, 0) is 17.6 Å². The fraction of sp³-hybridized carbons (Fsp3) is 0.273. The zero-order chi connectivity index (χ0) is 16.3. The third-order valence-electron chi connectivity index (χ3n) is 3.64. The summed E-state index contributed by atoms with van der Waals surface area (Å²) in [4.78, 5) is 0. The molecule has 0 aliphatic heterocycles. The highest BCUT2D eigenvalue weighted by atomic mass is 16.5. The van der Waals surface area contributed by atoms with Gasteiger partial charge in [0.25, 0.3) is 0 Å². The summed E-state index contributed by atoms with van der Waals surface area (Å²) in [5.74, 6) is 0. The van der Waals surface area contributed by atoms with Crippen molar-refractivity contribution in [2.24, 2.45) is 0 Å². The third kappa shape index (κ3) is 7.12. The Kier molecular flexibility index (Phi) is 7.35. The SMILES string of the molecule is CC(C=CCc1ccccc1)OC(C)C=CCc1ccccc1. The Bertz CT molecular complexity index is 543. The van der Waals surface area contributed by atoms with Gasteiger partial charge in [-0.3, -0.25) is 0 Å². The second kappa shape index (κ2) is 9.81. The van der Waals surface area contributed by atoms with Crippen LogP contribution in [0, 0.1) is 0 Å². The highest BCUT2D eigenvalue weighted by Gasteiger charge is 2.02. The average molecular weight is 306 g/mol. The molecule has 0 spiro atoms. The van der Waals surface area contributed by atoms with Crippen LogP contribution in [0.25, 0.3) is 0 Å². The van der Waals surface area contributed by atoms with Crippen LogP contribution in [0.4, 0.5) is 0 Å². The second-order valence-electron chi connectivity index (χ2n) is 5.78. The minimum Gasteiger partial charge on any atom is -0.367 e. The standard InChI is InChI=1S/C22H26O/c1-19(11-9-17-21-13-5-3-6-14-21)23-20(2)12-10-18-22-15-7-4-8-16-22/h3-16,19-20H,17-18H2,1-2H3. The molecule has 2 atom stereocenters. The molecule has 0 aliphatic carbocycles. The predicted molar refractivity (Wildman–Crippen MR) is 98.6 cm³/mol. The van der Waals surface area contributed by atoms with Crippen LogP contribution in [0.2, 0.25) is 0 Å². The summed E-state index contributed by atoms with van der Waals surface area (Å²) in [6.45, 7) is 4.17. The van der Waals surface area contributed by atoms with Crippen molar-refractivity contribution in [2.75, 3.05) is 0 Å². The van der Waals surface area contributed by atoms with Crippen LogP contribution >= 0.6 is 0 Å². The maximum absolute atomic E-state index is 5.95. The highest BCUT2D eigenvalue weighted by molar-refractivity contribution is 5.18. The molecule has 0 bridgehead atoms. The highest BCUT2D eigenvalue weighted by Crippen LogP contribution is 2.06. The summed E-state index contributed by atoms with van der Waals surface area (Å²) >= 11 is 0. The molecule has 0 radical (unpaired) electrons. The molecule has 2 aromatic rings. The molecule has 0 aromatic heterocycles. The number of allylic oxidation sites excluding steroid dienone is 2. The Morgan fingerprint density at radius 3 is 1.48 bits per heavy atom. The van der Waals surface area contributed by atoms with E-state index in [1.165, 1.54) is 11.1 Å². The molecule has 0 saturated heterocycles. The lowest BCUT2D eigenvalue weighted by Crippen LogP contribution is -2.13. The second-order valence-corrected chi connectivity index (χ2v) is 5.78. The molecule has 1 heteroatoms. The Hall–Kier alpha value is -2.12. The molecule has 120 valence electrons. The van der Waals surface area contributed by atoms with E-state index in [0.717, 1.165) is 12.8 Å². The van der Waals surface area contributed by atoms with Crippen molar-refractivity contribution in [2.45, 2.75) is 38.9 Å². The van der Waals surface area contributed by atoms with E-state index in [1.54, 1.807) is 0 Å². The third-order valence-corrected chi connectivity index (χ3v) is 3.64. The van der Waals surface area contributed by atoms with E-state index in [2.05, 4.69) is 86.7 Å².